The first-order chi connectivity index (χ1) is 13.2. The molecule has 28 heavy (non-hydrogen) atoms. The predicted octanol–water partition coefficient (Wildman–Crippen LogP) is 5.91. The van der Waals surface area contributed by atoms with Gasteiger partial charge in [0.1, 0.15) is 5.78 Å². The molecule has 1 fully saturated rings. The van der Waals surface area contributed by atoms with E-state index in [1.165, 1.54) is 11.1 Å². The number of ketones is 1. The van der Waals surface area contributed by atoms with Crippen LogP contribution in [0.1, 0.15) is 51.0 Å². The van der Waals surface area contributed by atoms with Gasteiger partial charge in [0.05, 0.1) is 14.5 Å². The molecule has 0 unspecified atom stereocenters. The number of benzene rings is 1. The first kappa shape index (κ1) is 22.6. The maximum Gasteiger partial charge on any atom is 0.303 e. The highest BCUT2D eigenvalue weighted by molar-refractivity contribution is 6.81. The minimum absolute atomic E-state index is 0.143. The molecule has 154 valence electrons. The van der Waals surface area contributed by atoms with E-state index in [0.29, 0.717) is 30.5 Å². The summed E-state index contributed by atoms with van der Waals surface area (Å²) < 4.78 is 0. The van der Waals surface area contributed by atoms with Crippen molar-refractivity contribution in [3.63, 3.8) is 0 Å². The van der Waals surface area contributed by atoms with Crippen molar-refractivity contribution in [2.24, 2.45) is 17.8 Å². The molecule has 1 saturated carbocycles. The summed E-state index contributed by atoms with van der Waals surface area (Å²) in [6, 6.07) is 10.2. The van der Waals surface area contributed by atoms with Crippen LogP contribution in [-0.4, -0.2) is 24.9 Å². The van der Waals surface area contributed by atoms with Crippen LogP contribution in [0.25, 0.3) is 0 Å². The summed E-state index contributed by atoms with van der Waals surface area (Å²) in [6.07, 6.45) is 5.11. The molecule has 0 bridgehead atoms. The summed E-state index contributed by atoms with van der Waals surface area (Å²) in [7, 11) is -1.46. The third-order valence-corrected chi connectivity index (χ3v) is 7.05. The molecule has 1 aromatic rings. The van der Waals surface area contributed by atoms with Crippen LogP contribution in [0.5, 0.6) is 0 Å². The van der Waals surface area contributed by atoms with Gasteiger partial charge in [-0.15, -0.1) is 0 Å². The first-order valence-electron chi connectivity index (χ1n) is 10.7. The highest BCUT2D eigenvalue weighted by Crippen LogP contribution is 2.43. The number of rotatable bonds is 9. The highest BCUT2D eigenvalue weighted by Gasteiger charge is 2.34. The molecule has 2 rings (SSSR count). The number of allylic oxidation sites excluding steroid dienone is 1. The minimum Gasteiger partial charge on any atom is -0.481 e. The van der Waals surface area contributed by atoms with Gasteiger partial charge in [-0.2, -0.15) is 0 Å². The number of aryl methyl sites for hydroxylation is 1. The number of carbonyl (C=O) groups is 2. The zero-order chi connectivity index (χ0) is 20.7. The molecule has 0 aliphatic heterocycles. The van der Waals surface area contributed by atoms with Crippen molar-refractivity contribution in [1.29, 1.82) is 0 Å². The summed E-state index contributed by atoms with van der Waals surface area (Å²) in [4.78, 5) is 23.9. The van der Waals surface area contributed by atoms with E-state index in [9.17, 15) is 14.7 Å². The molecule has 0 radical (unpaired) electrons. The smallest absolute Gasteiger partial charge is 0.303 e. The standard InChI is InChI=1S/C24H36O3Si/c1-18-10-12-20(16-24(26)27)23(17-28(2,3)4)22(18)15-14-21(25)13-11-19-8-6-5-7-9-19/h5-9,17-18,20,22H,10-16H2,1-4H3,(H,26,27)/b23-17-/t18-,20+,22+/m1/s1. The van der Waals surface area contributed by atoms with Gasteiger partial charge < -0.3 is 5.11 Å². The van der Waals surface area contributed by atoms with Crippen LogP contribution >= 0.6 is 0 Å². The quantitative estimate of drug-likeness (QED) is 0.524. The Kier molecular flexibility index (Phi) is 8.23. The van der Waals surface area contributed by atoms with Crippen LogP contribution in [0.15, 0.2) is 41.6 Å². The van der Waals surface area contributed by atoms with Crippen LogP contribution in [0.2, 0.25) is 19.6 Å². The fourth-order valence-electron chi connectivity index (χ4n) is 4.44. The average Bonchev–Trinajstić information content (AvgIpc) is 2.61. The lowest BCUT2D eigenvalue weighted by molar-refractivity contribution is -0.138. The van der Waals surface area contributed by atoms with Gasteiger partial charge in [-0.3, -0.25) is 9.59 Å². The van der Waals surface area contributed by atoms with Crippen molar-refractivity contribution in [3.8, 4) is 0 Å². The van der Waals surface area contributed by atoms with Crippen LogP contribution in [0, 0.1) is 17.8 Å². The summed E-state index contributed by atoms with van der Waals surface area (Å²) in [5.41, 5.74) is 4.98. The Labute approximate surface area is 171 Å². The number of carboxylic acid groups (broad SMARTS) is 1. The molecule has 4 heteroatoms. The van der Waals surface area contributed by atoms with Crippen LogP contribution in [-0.2, 0) is 16.0 Å². The molecule has 3 atom stereocenters. The van der Waals surface area contributed by atoms with E-state index in [1.807, 2.05) is 18.2 Å². The molecular formula is C24H36O3Si. The van der Waals surface area contributed by atoms with Crippen molar-refractivity contribution in [1.82, 2.24) is 0 Å². The van der Waals surface area contributed by atoms with Gasteiger partial charge >= 0.3 is 5.97 Å². The van der Waals surface area contributed by atoms with Gasteiger partial charge in [-0.25, -0.2) is 0 Å². The van der Waals surface area contributed by atoms with Crippen molar-refractivity contribution in [2.45, 2.75) is 71.5 Å². The molecule has 0 aromatic heterocycles. The average molecular weight is 401 g/mol. The number of carbonyl (C=O) groups excluding carboxylic acids is 1. The fraction of sp³-hybridized carbons (Fsp3) is 0.583. The van der Waals surface area contributed by atoms with Crippen molar-refractivity contribution < 1.29 is 14.7 Å². The van der Waals surface area contributed by atoms with Gasteiger partial charge in [-0.05, 0) is 49.0 Å². The fourth-order valence-corrected chi connectivity index (χ4v) is 5.89. The van der Waals surface area contributed by atoms with E-state index < -0.39 is 14.0 Å². The third-order valence-electron chi connectivity index (χ3n) is 5.85. The van der Waals surface area contributed by atoms with Gasteiger partial charge in [0.25, 0.3) is 0 Å². The zero-order valence-corrected chi connectivity index (χ0v) is 18.9. The Morgan fingerprint density at radius 3 is 2.39 bits per heavy atom. The first-order valence-corrected chi connectivity index (χ1v) is 14.2. The van der Waals surface area contributed by atoms with Crippen LogP contribution in [0.4, 0.5) is 0 Å². The summed E-state index contributed by atoms with van der Waals surface area (Å²) in [5, 5.41) is 9.36. The molecule has 0 spiro atoms. The van der Waals surface area contributed by atoms with E-state index >= 15 is 0 Å². The lowest BCUT2D eigenvalue weighted by Crippen LogP contribution is -2.31. The molecule has 1 aliphatic carbocycles. The topological polar surface area (TPSA) is 54.4 Å². The Morgan fingerprint density at radius 2 is 1.79 bits per heavy atom. The van der Waals surface area contributed by atoms with E-state index in [1.54, 1.807) is 0 Å². The molecule has 0 heterocycles. The lowest BCUT2D eigenvalue weighted by atomic mass is 9.69. The van der Waals surface area contributed by atoms with Crippen molar-refractivity contribution >= 4 is 19.8 Å². The predicted molar refractivity (Wildman–Crippen MR) is 118 cm³/mol. The third kappa shape index (κ3) is 7.38. The largest absolute Gasteiger partial charge is 0.481 e. The molecule has 0 saturated heterocycles. The Morgan fingerprint density at radius 1 is 1.11 bits per heavy atom. The van der Waals surface area contributed by atoms with Gasteiger partial charge in [-0.1, -0.05) is 68.2 Å². The summed E-state index contributed by atoms with van der Waals surface area (Å²) in [5.74, 6) is 0.632. The van der Waals surface area contributed by atoms with Gasteiger partial charge in [0.15, 0.2) is 0 Å². The molecule has 1 N–H and O–H groups in total. The molecular weight excluding hydrogens is 364 g/mol. The molecule has 3 nitrogen and oxygen atoms in total. The SMILES string of the molecule is C[C@@H]1CC[C@@H](CC(=O)O)/C(=C/[Si](C)(C)C)[C@H]1CCC(=O)CCc1ccccc1. The normalized spacial score (nSPS) is 24.3. The number of hydrogen-bond donors (Lipinski definition) is 1. The monoisotopic (exact) mass is 400 g/mol. The Hall–Kier alpha value is -1.68. The second-order valence-corrected chi connectivity index (χ2v) is 14.5. The van der Waals surface area contributed by atoms with Crippen LogP contribution < -0.4 is 0 Å². The number of hydrogen-bond acceptors (Lipinski definition) is 2. The maximum atomic E-state index is 12.5. The Bertz CT molecular complexity index is 688. The maximum absolute atomic E-state index is 12.5. The molecule has 1 aliphatic rings. The molecule has 0 amide bonds. The summed E-state index contributed by atoms with van der Waals surface area (Å²) >= 11 is 0. The van der Waals surface area contributed by atoms with E-state index in [0.717, 1.165) is 25.7 Å². The molecule has 1 aromatic carbocycles. The van der Waals surface area contributed by atoms with E-state index in [4.69, 9.17) is 0 Å². The van der Waals surface area contributed by atoms with Crippen molar-refractivity contribution in [3.05, 3.63) is 47.2 Å². The van der Waals surface area contributed by atoms with Gasteiger partial charge in [0.2, 0.25) is 0 Å². The minimum atomic E-state index is -1.46. The highest BCUT2D eigenvalue weighted by atomic mass is 28.3. The van der Waals surface area contributed by atoms with E-state index in [-0.39, 0.29) is 12.3 Å². The Balaban J connectivity index is 2.03. The summed E-state index contributed by atoms with van der Waals surface area (Å²) in [6.45, 7) is 9.19. The van der Waals surface area contributed by atoms with Crippen molar-refractivity contribution in [2.75, 3.05) is 0 Å². The van der Waals surface area contributed by atoms with E-state index in [2.05, 4.69) is 44.4 Å². The lowest BCUT2D eigenvalue weighted by Gasteiger charge is -2.38. The number of carboxylic acids is 1. The second kappa shape index (κ2) is 10.2. The second-order valence-electron chi connectivity index (χ2n) is 9.53. The number of Topliss-reactive ketones (excluding diaryl/α,β-unsaturated/α-hetero) is 1. The number of aliphatic carboxylic acids is 1. The van der Waals surface area contributed by atoms with Crippen LogP contribution in [0.3, 0.4) is 0 Å². The zero-order valence-electron chi connectivity index (χ0n) is 17.9. The van der Waals surface area contributed by atoms with Gasteiger partial charge in [0, 0.05) is 12.8 Å².